The van der Waals surface area contributed by atoms with Crippen LogP contribution in [0.5, 0.6) is 0 Å². The van der Waals surface area contributed by atoms with Gasteiger partial charge in [-0.25, -0.2) is 13.6 Å². The third kappa shape index (κ3) is 5.10. The Morgan fingerprint density at radius 2 is 1.70 bits per heavy atom. The van der Waals surface area contributed by atoms with Crippen LogP contribution in [0.4, 0.5) is 14.5 Å². The van der Waals surface area contributed by atoms with E-state index in [1.165, 1.54) is 0 Å². The lowest BCUT2D eigenvalue weighted by Gasteiger charge is -2.11. The topological polar surface area (TPSA) is 84.5 Å². The average Bonchev–Trinajstić information content (AvgIpc) is 3.43. The van der Waals surface area contributed by atoms with E-state index in [-0.39, 0.29) is 28.8 Å². The van der Waals surface area contributed by atoms with Crippen molar-refractivity contribution in [3.05, 3.63) is 65.2 Å². The van der Waals surface area contributed by atoms with E-state index < -0.39 is 30.1 Å². The molecule has 2 N–H and O–H groups in total. The van der Waals surface area contributed by atoms with Gasteiger partial charge in [0.25, 0.3) is 11.8 Å². The molecule has 8 heteroatoms. The minimum absolute atomic E-state index is 0.161. The highest BCUT2D eigenvalue weighted by molar-refractivity contribution is 6.04. The second-order valence-electron chi connectivity index (χ2n) is 6.08. The van der Waals surface area contributed by atoms with Crippen molar-refractivity contribution in [2.45, 2.75) is 18.9 Å². The molecule has 0 radical (unpaired) electrons. The maximum absolute atomic E-state index is 13.1. The molecule has 1 saturated carbocycles. The molecule has 0 aliphatic heterocycles. The summed E-state index contributed by atoms with van der Waals surface area (Å²) < 4.78 is 31.0. The average molecular weight is 374 g/mol. The van der Waals surface area contributed by atoms with Crippen molar-refractivity contribution < 1.29 is 27.9 Å². The zero-order valence-corrected chi connectivity index (χ0v) is 14.1. The predicted molar refractivity (Wildman–Crippen MR) is 92.2 cm³/mol. The third-order valence-electron chi connectivity index (χ3n) is 3.79. The van der Waals surface area contributed by atoms with E-state index >= 15 is 0 Å². The first-order valence-corrected chi connectivity index (χ1v) is 8.25. The van der Waals surface area contributed by atoms with Crippen LogP contribution in [0.15, 0.2) is 42.5 Å². The molecule has 2 amide bonds. The summed E-state index contributed by atoms with van der Waals surface area (Å²) in [5, 5.41) is 5.31. The summed E-state index contributed by atoms with van der Waals surface area (Å²) in [6.45, 7) is -0.671. The molecule has 1 aliphatic rings. The first-order chi connectivity index (χ1) is 12.9. The van der Waals surface area contributed by atoms with Crippen molar-refractivity contribution in [1.29, 1.82) is 0 Å². The Morgan fingerprint density at radius 3 is 2.37 bits per heavy atom. The minimum Gasteiger partial charge on any atom is -0.452 e. The molecule has 0 saturated heterocycles. The normalized spacial score (nSPS) is 13.0. The fraction of sp³-hybridized carbons (Fsp3) is 0.211. The lowest BCUT2D eigenvalue weighted by molar-refractivity contribution is -0.119. The molecule has 0 spiro atoms. The molecule has 0 unspecified atom stereocenters. The van der Waals surface area contributed by atoms with E-state index in [4.69, 9.17) is 4.74 Å². The van der Waals surface area contributed by atoms with E-state index in [9.17, 15) is 23.2 Å². The SMILES string of the molecule is O=C(COC(=O)c1cc(F)cc(F)c1)Nc1ccccc1C(=O)NC1CC1. The molecule has 3 rings (SSSR count). The zero-order chi connectivity index (χ0) is 19.4. The van der Waals surface area contributed by atoms with Crippen LogP contribution in [-0.4, -0.2) is 30.4 Å². The highest BCUT2D eigenvalue weighted by Gasteiger charge is 2.25. The first-order valence-electron chi connectivity index (χ1n) is 8.25. The van der Waals surface area contributed by atoms with Gasteiger partial charge in [-0.1, -0.05) is 12.1 Å². The molecule has 1 fully saturated rings. The summed E-state index contributed by atoms with van der Waals surface area (Å²) in [5.41, 5.74) is 0.217. The summed E-state index contributed by atoms with van der Waals surface area (Å²) in [6, 6.07) is 8.81. The number of nitrogens with one attached hydrogen (secondary N) is 2. The summed E-state index contributed by atoms with van der Waals surface area (Å²) in [4.78, 5) is 36.0. The smallest absolute Gasteiger partial charge is 0.338 e. The maximum Gasteiger partial charge on any atom is 0.338 e. The number of anilines is 1. The summed E-state index contributed by atoms with van der Waals surface area (Å²) in [7, 11) is 0. The monoisotopic (exact) mass is 374 g/mol. The number of rotatable bonds is 6. The van der Waals surface area contributed by atoms with Crippen molar-refractivity contribution >= 4 is 23.5 Å². The number of hydrogen-bond acceptors (Lipinski definition) is 4. The Labute approximate surface area is 153 Å². The number of para-hydroxylation sites is 1. The van der Waals surface area contributed by atoms with E-state index in [0.717, 1.165) is 25.0 Å². The van der Waals surface area contributed by atoms with E-state index in [0.29, 0.717) is 6.07 Å². The van der Waals surface area contributed by atoms with Gasteiger partial charge in [0.15, 0.2) is 6.61 Å². The molecule has 27 heavy (non-hydrogen) atoms. The quantitative estimate of drug-likeness (QED) is 0.762. The zero-order valence-electron chi connectivity index (χ0n) is 14.1. The van der Waals surface area contributed by atoms with E-state index in [2.05, 4.69) is 10.6 Å². The van der Waals surface area contributed by atoms with Crippen LogP contribution in [0, 0.1) is 11.6 Å². The number of hydrogen-bond donors (Lipinski definition) is 2. The van der Waals surface area contributed by atoms with Gasteiger partial charge < -0.3 is 15.4 Å². The Morgan fingerprint density at radius 1 is 1.04 bits per heavy atom. The molecule has 2 aromatic rings. The van der Waals surface area contributed by atoms with Crippen molar-refractivity contribution in [2.75, 3.05) is 11.9 Å². The molecular formula is C19H16F2N2O4. The largest absolute Gasteiger partial charge is 0.452 e. The number of halogens is 2. The van der Waals surface area contributed by atoms with Crippen LogP contribution >= 0.6 is 0 Å². The number of amides is 2. The molecule has 6 nitrogen and oxygen atoms in total. The molecule has 140 valence electrons. The van der Waals surface area contributed by atoms with Gasteiger partial charge in [0.05, 0.1) is 16.8 Å². The number of carbonyl (C=O) groups is 3. The number of ether oxygens (including phenoxy) is 1. The Balaban J connectivity index is 1.59. The maximum atomic E-state index is 13.1. The fourth-order valence-electron chi connectivity index (χ4n) is 2.35. The van der Waals surface area contributed by atoms with Gasteiger partial charge in [-0.05, 0) is 37.1 Å². The molecule has 1 aliphatic carbocycles. The van der Waals surface area contributed by atoms with Crippen molar-refractivity contribution in [1.82, 2.24) is 5.32 Å². The van der Waals surface area contributed by atoms with Crippen LogP contribution < -0.4 is 10.6 Å². The summed E-state index contributed by atoms with van der Waals surface area (Å²) in [5.74, 6) is -3.89. The van der Waals surface area contributed by atoms with E-state index in [1.807, 2.05) is 0 Å². The Hall–Kier alpha value is -3.29. The highest BCUT2D eigenvalue weighted by Crippen LogP contribution is 2.21. The van der Waals surface area contributed by atoms with Gasteiger partial charge in [-0.2, -0.15) is 0 Å². The second kappa shape index (κ2) is 7.94. The molecular weight excluding hydrogens is 358 g/mol. The van der Waals surface area contributed by atoms with Crippen molar-refractivity contribution in [3.63, 3.8) is 0 Å². The van der Waals surface area contributed by atoms with Gasteiger partial charge in [0, 0.05) is 12.1 Å². The lowest BCUT2D eigenvalue weighted by atomic mass is 10.1. The van der Waals surface area contributed by atoms with Crippen LogP contribution in [-0.2, 0) is 9.53 Å². The molecule has 0 bridgehead atoms. The summed E-state index contributed by atoms with van der Waals surface area (Å²) >= 11 is 0. The van der Waals surface area contributed by atoms with Crippen LogP contribution in [0.3, 0.4) is 0 Å². The first kappa shape index (κ1) is 18.5. The van der Waals surface area contributed by atoms with Crippen molar-refractivity contribution in [2.24, 2.45) is 0 Å². The number of carbonyl (C=O) groups excluding carboxylic acids is 3. The molecule has 0 heterocycles. The second-order valence-corrected chi connectivity index (χ2v) is 6.08. The van der Waals surface area contributed by atoms with Crippen LogP contribution in [0.1, 0.15) is 33.6 Å². The lowest BCUT2D eigenvalue weighted by Crippen LogP contribution is -2.28. The van der Waals surface area contributed by atoms with Crippen molar-refractivity contribution in [3.8, 4) is 0 Å². The van der Waals surface area contributed by atoms with E-state index in [1.54, 1.807) is 24.3 Å². The Bertz CT molecular complexity index is 877. The number of benzene rings is 2. The third-order valence-corrected chi connectivity index (χ3v) is 3.79. The molecule has 2 aromatic carbocycles. The van der Waals surface area contributed by atoms with Gasteiger partial charge in [-0.3, -0.25) is 9.59 Å². The highest BCUT2D eigenvalue weighted by atomic mass is 19.1. The van der Waals surface area contributed by atoms with Gasteiger partial charge in [0.2, 0.25) is 0 Å². The predicted octanol–water partition coefficient (Wildman–Crippen LogP) is 2.65. The van der Waals surface area contributed by atoms with Crippen LogP contribution in [0.25, 0.3) is 0 Å². The van der Waals surface area contributed by atoms with Gasteiger partial charge >= 0.3 is 5.97 Å². The van der Waals surface area contributed by atoms with Crippen LogP contribution in [0.2, 0.25) is 0 Å². The Kier molecular flexibility index (Phi) is 5.44. The minimum atomic E-state index is -1.04. The van der Waals surface area contributed by atoms with Gasteiger partial charge in [0.1, 0.15) is 11.6 Å². The summed E-state index contributed by atoms with van der Waals surface area (Å²) in [6.07, 6.45) is 1.85. The molecule has 0 atom stereocenters. The number of esters is 1. The fourth-order valence-corrected chi connectivity index (χ4v) is 2.35. The standard InChI is InChI=1S/C19H16F2N2O4/c20-12-7-11(8-13(21)9-12)19(26)27-10-17(24)23-16-4-2-1-3-15(16)18(25)22-14-5-6-14/h1-4,7-9,14H,5-6,10H2,(H,22,25)(H,23,24). The van der Waals surface area contributed by atoms with Gasteiger partial charge in [-0.15, -0.1) is 0 Å². The molecule has 0 aromatic heterocycles.